The number of aliphatic carboxylic acids is 1. The van der Waals surface area contributed by atoms with E-state index >= 15 is 0 Å². The number of fused-ring (bicyclic) bond motifs is 1. The summed E-state index contributed by atoms with van der Waals surface area (Å²) in [5.74, 6) is -1.42. The standard InChI is InChI=1S/C9H10N2O4/c12-7-5-3-4(8(13)14)1-2-6(5)10-9(15)11-7/h4H,1-3H2,(H,13,14)(H2,10,11,12,15)/t4-/m0/s1. The van der Waals surface area contributed by atoms with Gasteiger partial charge in [-0.2, -0.15) is 0 Å². The van der Waals surface area contributed by atoms with Crippen molar-refractivity contribution < 1.29 is 9.90 Å². The van der Waals surface area contributed by atoms with Crippen LogP contribution in [-0.4, -0.2) is 21.0 Å². The Morgan fingerprint density at radius 1 is 1.33 bits per heavy atom. The molecule has 3 N–H and O–H groups in total. The van der Waals surface area contributed by atoms with E-state index in [0.29, 0.717) is 24.1 Å². The summed E-state index contributed by atoms with van der Waals surface area (Å²) >= 11 is 0. The van der Waals surface area contributed by atoms with Gasteiger partial charge in [-0.15, -0.1) is 0 Å². The molecule has 6 nitrogen and oxygen atoms in total. The maximum Gasteiger partial charge on any atom is 0.325 e. The molecule has 2 rings (SSSR count). The fraction of sp³-hybridized carbons (Fsp3) is 0.444. The number of hydrogen-bond acceptors (Lipinski definition) is 3. The van der Waals surface area contributed by atoms with E-state index < -0.39 is 23.1 Å². The number of hydrogen-bond donors (Lipinski definition) is 3. The van der Waals surface area contributed by atoms with E-state index in [9.17, 15) is 14.4 Å². The Morgan fingerprint density at radius 2 is 2.07 bits per heavy atom. The van der Waals surface area contributed by atoms with Crippen molar-refractivity contribution in [3.8, 4) is 0 Å². The number of aromatic nitrogens is 2. The van der Waals surface area contributed by atoms with E-state index in [1.54, 1.807) is 0 Å². The molecule has 0 spiro atoms. The van der Waals surface area contributed by atoms with Crippen LogP contribution in [0.4, 0.5) is 0 Å². The third-order valence-electron chi connectivity index (χ3n) is 2.67. The Morgan fingerprint density at radius 3 is 2.73 bits per heavy atom. The first-order chi connectivity index (χ1) is 7.08. The normalized spacial score (nSPS) is 19.6. The van der Waals surface area contributed by atoms with Crippen LogP contribution in [0.5, 0.6) is 0 Å². The summed E-state index contributed by atoms with van der Waals surface area (Å²) in [7, 11) is 0. The molecule has 1 aliphatic rings. The lowest BCUT2D eigenvalue weighted by Gasteiger charge is -2.19. The molecule has 0 saturated carbocycles. The second-order valence-electron chi connectivity index (χ2n) is 3.64. The molecule has 0 amide bonds. The Bertz CT molecular complexity index is 514. The van der Waals surface area contributed by atoms with Crippen LogP contribution in [0.15, 0.2) is 9.59 Å². The molecule has 0 radical (unpaired) electrons. The number of rotatable bonds is 1. The molecule has 1 heterocycles. The van der Waals surface area contributed by atoms with Crippen molar-refractivity contribution in [3.63, 3.8) is 0 Å². The molecule has 1 aliphatic carbocycles. The minimum atomic E-state index is -0.897. The largest absolute Gasteiger partial charge is 0.481 e. The quantitative estimate of drug-likeness (QED) is 0.567. The van der Waals surface area contributed by atoms with E-state index in [2.05, 4.69) is 9.97 Å². The van der Waals surface area contributed by atoms with Gasteiger partial charge >= 0.3 is 11.7 Å². The Labute approximate surface area is 84.0 Å². The molecule has 0 aliphatic heterocycles. The van der Waals surface area contributed by atoms with Crippen LogP contribution >= 0.6 is 0 Å². The van der Waals surface area contributed by atoms with Crippen LogP contribution < -0.4 is 11.2 Å². The Kier molecular flexibility index (Phi) is 2.18. The van der Waals surface area contributed by atoms with Crippen LogP contribution in [0.25, 0.3) is 0 Å². The van der Waals surface area contributed by atoms with Gasteiger partial charge in [0.05, 0.1) is 5.92 Å². The van der Waals surface area contributed by atoms with Crippen molar-refractivity contribution >= 4 is 5.97 Å². The van der Waals surface area contributed by atoms with Gasteiger partial charge in [0.1, 0.15) is 0 Å². The van der Waals surface area contributed by atoms with Gasteiger partial charge in [0.2, 0.25) is 0 Å². The number of aryl methyl sites for hydroxylation is 1. The number of carboxylic acid groups (broad SMARTS) is 1. The van der Waals surface area contributed by atoms with Crippen molar-refractivity contribution in [2.24, 2.45) is 5.92 Å². The van der Waals surface area contributed by atoms with Crippen LogP contribution in [-0.2, 0) is 17.6 Å². The predicted octanol–water partition coefficient (Wildman–Crippen LogP) is -0.747. The fourth-order valence-corrected chi connectivity index (χ4v) is 1.87. The molecule has 1 atom stereocenters. The lowest BCUT2D eigenvalue weighted by Crippen LogP contribution is -2.34. The van der Waals surface area contributed by atoms with Crippen LogP contribution in [0.1, 0.15) is 17.7 Å². The zero-order chi connectivity index (χ0) is 11.0. The molecule has 80 valence electrons. The monoisotopic (exact) mass is 210 g/mol. The van der Waals surface area contributed by atoms with Crippen LogP contribution in [0.2, 0.25) is 0 Å². The summed E-state index contributed by atoms with van der Waals surface area (Å²) in [5, 5.41) is 8.83. The lowest BCUT2D eigenvalue weighted by atomic mass is 9.87. The second kappa shape index (κ2) is 3.38. The highest BCUT2D eigenvalue weighted by Gasteiger charge is 2.26. The second-order valence-corrected chi connectivity index (χ2v) is 3.64. The summed E-state index contributed by atoms with van der Waals surface area (Å²) in [4.78, 5) is 37.7. The molecular weight excluding hydrogens is 200 g/mol. The maximum absolute atomic E-state index is 11.4. The maximum atomic E-state index is 11.4. The molecule has 1 aromatic heterocycles. The number of H-pyrrole nitrogens is 2. The number of aromatic amines is 2. The first-order valence-corrected chi connectivity index (χ1v) is 4.65. The zero-order valence-electron chi connectivity index (χ0n) is 7.87. The molecule has 15 heavy (non-hydrogen) atoms. The average molecular weight is 210 g/mol. The summed E-state index contributed by atoms with van der Waals surface area (Å²) < 4.78 is 0. The van der Waals surface area contributed by atoms with Gasteiger partial charge in [-0.25, -0.2) is 4.79 Å². The minimum Gasteiger partial charge on any atom is -0.481 e. The van der Waals surface area contributed by atoms with Crippen molar-refractivity contribution in [2.45, 2.75) is 19.3 Å². The van der Waals surface area contributed by atoms with Gasteiger partial charge in [0, 0.05) is 11.3 Å². The number of nitrogens with one attached hydrogen (secondary N) is 2. The van der Waals surface area contributed by atoms with Crippen molar-refractivity contribution in [3.05, 3.63) is 32.1 Å². The summed E-state index contributed by atoms with van der Waals surface area (Å²) in [6.07, 6.45) is 1.09. The molecule has 0 unspecified atom stereocenters. The summed E-state index contributed by atoms with van der Waals surface area (Å²) in [5.41, 5.74) is -0.0401. The van der Waals surface area contributed by atoms with E-state index in [1.165, 1.54) is 0 Å². The van der Waals surface area contributed by atoms with E-state index in [-0.39, 0.29) is 6.42 Å². The van der Waals surface area contributed by atoms with Gasteiger partial charge < -0.3 is 10.1 Å². The zero-order valence-corrected chi connectivity index (χ0v) is 7.87. The highest BCUT2D eigenvalue weighted by molar-refractivity contribution is 5.70. The minimum absolute atomic E-state index is 0.191. The van der Waals surface area contributed by atoms with Gasteiger partial charge in [0.15, 0.2) is 0 Å². The third-order valence-corrected chi connectivity index (χ3v) is 2.67. The van der Waals surface area contributed by atoms with Gasteiger partial charge in [0.25, 0.3) is 5.56 Å². The van der Waals surface area contributed by atoms with Gasteiger partial charge in [-0.3, -0.25) is 14.6 Å². The average Bonchev–Trinajstić information content (AvgIpc) is 2.16. The molecule has 0 saturated heterocycles. The number of carboxylic acids is 1. The number of carbonyl (C=O) groups is 1. The van der Waals surface area contributed by atoms with Crippen LogP contribution in [0, 0.1) is 5.92 Å². The first-order valence-electron chi connectivity index (χ1n) is 4.65. The fourth-order valence-electron chi connectivity index (χ4n) is 1.87. The smallest absolute Gasteiger partial charge is 0.325 e. The SMILES string of the molecule is O=C(O)[C@H]1CCc2[nH]c(=O)[nH]c(=O)c2C1. The molecule has 0 bridgehead atoms. The highest BCUT2D eigenvalue weighted by atomic mass is 16.4. The Balaban J connectivity index is 2.46. The summed E-state index contributed by atoms with van der Waals surface area (Å²) in [6, 6.07) is 0. The van der Waals surface area contributed by atoms with Gasteiger partial charge in [-0.05, 0) is 19.3 Å². The third kappa shape index (κ3) is 1.70. The van der Waals surface area contributed by atoms with Crippen molar-refractivity contribution in [1.29, 1.82) is 0 Å². The van der Waals surface area contributed by atoms with Crippen LogP contribution in [0.3, 0.4) is 0 Å². The molecule has 6 heteroatoms. The van der Waals surface area contributed by atoms with E-state index in [1.807, 2.05) is 0 Å². The van der Waals surface area contributed by atoms with E-state index in [0.717, 1.165) is 0 Å². The molecule has 1 aromatic rings. The van der Waals surface area contributed by atoms with Crippen molar-refractivity contribution in [2.75, 3.05) is 0 Å². The topological polar surface area (TPSA) is 103 Å². The lowest BCUT2D eigenvalue weighted by molar-refractivity contribution is -0.142. The first kappa shape index (κ1) is 9.70. The molecular formula is C9H10N2O4. The predicted molar refractivity (Wildman–Crippen MR) is 50.8 cm³/mol. The Hall–Kier alpha value is -1.85. The highest BCUT2D eigenvalue weighted by Crippen LogP contribution is 2.20. The van der Waals surface area contributed by atoms with E-state index in [4.69, 9.17) is 5.11 Å². The summed E-state index contributed by atoms with van der Waals surface area (Å²) in [6.45, 7) is 0. The van der Waals surface area contributed by atoms with Crippen molar-refractivity contribution in [1.82, 2.24) is 9.97 Å². The molecule has 0 aromatic carbocycles. The molecule has 0 fully saturated rings. The van der Waals surface area contributed by atoms with Gasteiger partial charge in [-0.1, -0.05) is 0 Å².